The molecular formula is C12H21N3O3. The van der Waals surface area contributed by atoms with Gasteiger partial charge in [0, 0.05) is 12.6 Å². The SMILES string of the molecule is CC1CCN(CC(=O)N2CCOC2=O)C(CN)C1. The van der Waals surface area contributed by atoms with Gasteiger partial charge in [-0.15, -0.1) is 0 Å². The molecule has 6 heteroatoms. The zero-order valence-electron chi connectivity index (χ0n) is 10.8. The molecule has 0 aromatic rings. The van der Waals surface area contributed by atoms with Crippen molar-refractivity contribution < 1.29 is 14.3 Å². The van der Waals surface area contributed by atoms with E-state index in [9.17, 15) is 9.59 Å². The van der Waals surface area contributed by atoms with Gasteiger partial charge in [0.25, 0.3) is 0 Å². The lowest BCUT2D eigenvalue weighted by atomic mass is 9.92. The highest BCUT2D eigenvalue weighted by Crippen LogP contribution is 2.21. The second-order valence-corrected chi connectivity index (χ2v) is 5.15. The Morgan fingerprint density at radius 3 is 2.89 bits per heavy atom. The summed E-state index contributed by atoms with van der Waals surface area (Å²) in [6.07, 6.45) is 1.58. The fourth-order valence-electron chi connectivity index (χ4n) is 2.63. The van der Waals surface area contributed by atoms with Crippen molar-refractivity contribution >= 4 is 12.0 Å². The van der Waals surface area contributed by atoms with Crippen LogP contribution in [0.2, 0.25) is 0 Å². The molecule has 0 aromatic carbocycles. The van der Waals surface area contributed by atoms with Crippen LogP contribution in [-0.2, 0) is 9.53 Å². The third-order valence-electron chi connectivity index (χ3n) is 3.77. The van der Waals surface area contributed by atoms with Crippen molar-refractivity contribution in [2.75, 3.05) is 32.8 Å². The Kier molecular flexibility index (Phi) is 4.19. The van der Waals surface area contributed by atoms with Crippen LogP contribution < -0.4 is 5.73 Å². The van der Waals surface area contributed by atoms with Crippen LogP contribution in [0.15, 0.2) is 0 Å². The molecule has 0 spiro atoms. The van der Waals surface area contributed by atoms with Gasteiger partial charge >= 0.3 is 6.09 Å². The van der Waals surface area contributed by atoms with Crippen LogP contribution in [0.3, 0.4) is 0 Å². The smallest absolute Gasteiger partial charge is 0.416 e. The van der Waals surface area contributed by atoms with Crippen molar-refractivity contribution in [1.29, 1.82) is 0 Å². The predicted molar refractivity (Wildman–Crippen MR) is 65.9 cm³/mol. The maximum absolute atomic E-state index is 12.0. The van der Waals surface area contributed by atoms with E-state index in [0.717, 1.165) is 19.4 Å². The number of amides is 2. The molecule has 2 N–H and O–H groups in total. The van der Waals surface area contributed by atoms with Gasteiger partial charge in [-0.2, -0.15) is 0 Å². The summed E-state index contributed by atoms with van der Waals surface area (Å²) in [6, 6.07) is 0.247. The standard InChI is InChI=1S/C12H21N3O3/c1-9-2-3-14(10(6-9)7-13)8-11(16)15-4-5-18-12(15)17/h9-10H,2-8,13H2,1H3. The van der Waals surface area contributed by atoms with E-state index in [1.807, 2.05) is 0 Å². The Morgan fingerprint density at radius 1 is 1.50 bits per heavy atom. The fraction of sp³-hybridized carbons (Fsp3) is 0.833. The largest absolute Gasteiger partial charge is 0.447 e. The molecule has 2 amide bonds. The Morgan fingerprint density at radius 2 is 2.28 bits per heavy atom. The molecule has 0 saturated carbocycles. The van der Waals surface area contributed by atoms with Gasteiger partial charge in [-0.25, -0.2) is 9.69 Å². The van der Waals surface area contributed by atoms with E-state index in [1.54, 1.807) is 0 Å². The van der Waals surface area contributed by atoms with Crippen LogP contribution in [0.25, 0.3) is 0 Å². The molecule has 2 atom stereocenters. The molecule has 2 aliphatic rings. The number of likely N-dealkylation sites (tertiary alicyclic amines) is 1. The number of hydrogen-bond donors (Lipinski definition) is 1. The van der Waals surface area contributed by atoms with E-state index in [4.69, 9.17) is 10.5 Å². The van der Waals surface area contributed by atoms with E-state index >= 15 is 0 Å². The number of nitrogens with zero attached hydrogens (tertiary/aromatic N) is 2. The van der Waals surface area contributed by atoms with Crippen LogP contribution in [0.4, 0.5) is 4.79 Å². The molecule has 2 heterocycles. The zero-order valence-corrected chi connectivity index (χ0v) is 10.8. The first-order valence-corrected chi connectivity index (χ1v) is 6.53. The third-order valence-corrected chi connectivity index (χ3v) is 3.77. The highest BCUT2D eigenvalue weighted by Gasteiger charge is 2.32. The minimum absolute atomic E-state index is 0.175. The van der Waals surface area contributed by atoms with Gasteiger partial charge in [0.2, 0.25) is 5.91 Å². The molecule has 2 fully saturated rings. The summed E-state index contributed by atoms with van der Waals surface area (Å²) in [5, 5.41) is 0. The summed E-state index contributed by atoms with van der Waals surface area (Å²) in [6.45, 7) is 4.58. The normalized spacial score (nSPS) is 29.4. The molecule has 0 aromatic heterocycles. The van der Waals surface area contributed by atoms with Gasteiger partial charge < -0.3 is 10.5 Å². The van der Waals surface area contributed by atoms with Crippen molar-refractivity contribution in [2.24, 2.45) is 11.7 Å². The fourth-order valence-corrected chi connectivity index (χ4v) is 2.63. The quantitative estimate of drug-likeness (QED) is 0.769. The van der Waals surface area contributed by atoms with Crippen molar-refractivity contribution in [3.63, 3.8) is 0 Å². The average Bonchev–Trinajstić information content (AvgIpc) is 2.77. The van der Waals surface area contributed by atoms with Crippen molar-refractivity contribution in [2.45, 2.75) is 25.8 Å². The van der Waals surface area contributed by atoms with Gasteiger partial charge in [-0.05, 0) is 25.3 Å². The number of carbonyl (C=O) groups excluding carboxylic acids is 2. The second kappa shape index (κ2) is 5.67. The van der Waals surface area contributed by atoms with Gasteiger partial charge in [0.1, 0.15) is 6.61 Å². The Labute approximate surface area is 107 Å². The molecule has 2 unspecified atom stereocenters. The summed E-state index contributed by atoms with van der Waals surface area (Å²) >= 11 is 0. The summed E-state index contributed by atoms with van der Waals surface area (Å²) in [4.78, 5) is 26.6. The van der Waals surface area contributed by atoms with Gasteiger partial charge in [0.15, 0.2) is 0 Å². The highest BCUT2D eigenvalue weighted by molar-refractivity contribution is 5.94. The van der Waals surface area contributed by atoms with E-state index in [1.165, 1.54) is 4.90 Å². The lowest BCUT2D eigenvalue weighted by Crippen LogP contribution is -2.50. The molecule has 2 rings (SSSR count). The summed E-state index contributed by atoms with van der Waals surface area (Å²) < 4.78 is 4.77. The maximum Gasteiger partial charge on any atom is 0.416 e. The molecular weight excluding hydrogens is 234 g/mol. The van der Waals surface area contributed by atoms with Gasteiger partial charge in [0.05, 0.1) is 13.1 Å². The molecule has 102 valence electrons. The molecule has 6 nitrogen and oxygen atoms in total. The molecule has 18 heavy (non-hydrogen) atoms. The number of hydrogen-bond acceptors (Lipinski definition) is 5. The summed E-state index contributed by atoms with van der Waals surface area (Å²) in [5.74, 6) is 0.479. The highest BCUT2D eigenvalue weighted by atomic mass is 16.6. The number of cyclic esters (lactones) is 1. The maximum atomic E-state index is 12.0. The first kappa shape index (κ1) is 13.3. The minimum Gasteiger partial charge on any atom is -0.447 e. The van der Waals surface area contributed by atoms with Crippen LogP contribution in [0.1, 0.15) is 19.8 Å². The zero-order chi connectivity index (χ0) is 13.1. The van der Waals surface area contributed by atoms with Crippen molar-refractivity contribution in [3.05, 3.63) is 0 Å². The number of carbonyl (C=O) groups is 2. The van der Waals surface area contributed by atoms with E-state index in [-0.39, 0.29) is 18.5 Å². The van der Waals surface area contributed by atoms with E-state index < -0.39 is 6.09 Å². The summed E-state index contributed by atoms with van der Waals surface area (Å²) in [5.41, 5.74) is 5.75. The molecule has 0 aliphatic carbocycles. The van der Waals surface area contributed by atoms with Crippen molar-refractivity contribution in [3.8, 4) is 0 Å². The lowest BCUT2D eigenvalue weighted by Gasteiger charge is -2.37. The number of nitrogens with two attached hydrogens (primary N) is 1. The van der Waals surface area contributed by atoms with Gasteiger partial charge in [-0.1, -0.05) is 6.92 Å². The number of rotatable bonds is 3. The molecule has 2 aliphatic heterocycles. The van der Waals surface area contributed by atoms with E-state index in [2.05, 4.69) is 11.8 Å². The van der Waals surface area contributed by atoms with Crippen LogP contribution in [0, 0.1) is 5.92 Å². The molecule has 0 bridgehead atoms. The topological polar surface area (TPSA) is 75.9 Å². The van der Waals surface area contributed by atoms with Crippen LogP contribution >= 0.6 is 0 Å². The monoisotopic (exact) mass is 255 g/mol. The van der Waals surface area contributed by atoms with Crippen LogP contribution in [-0.4, -0.2) is 60.6 Å². The number of ether oxygens (including phenoxy) is 1. The Hall–Kier alpha value is -1.14. The Balaban J connectivity index is 1.91. The van der Waals surface area contributed by atoms with Crippen molar-refractivity contribution in [1.82, 2.24) is 9.80 Å². The van der Waals surface area contributed by atoms with E-state index in [0.29, 0.717) is 25.6 Å². The third kappa shape index (κ3) is 2.81. The lowest BCUT2D eigenvalue weighted by molar-refractivity contribution is -0.130. The number of imide groups is 1. The average molecular weight is 255 g/mol. The number of piperidine rings is 1. The summed E-state index contributed by atoms with van der Waals surface area (Å²) in [7, 11) is 0. The molecule has 0 radical (unpaired) electrons. The molecule has 2 saturated heterocycles. The minimum atomic E-state index is -0.519. The van der Waals surface area contributed by atoms with Gasteiger partial charge in [-0.3, -0.25) is 9.69 Å². The first-order chi connectivity index (χ1) is 8.61. The Bertz CT molecular complexity index is 335. The van der Waals surface area contributed by atoms with Crippen LogP contribution in [0.5, 0.6) is 0 Å². The first-order valence-electron chi connectivity index (χ1n) is 6.53. The predicted octanol–water partition coefficient (Wildman–Crippen LogP) is 0.0244. The second-order valence-electron chi connectivity index (χ2n) is 5.15.